The van der Waals surface area contributed by atoms with Crippen molar-refractivity contribution in [2.45, 2.75) is 25.2 Å². The van der Waals surface area contributed by atoms with Gasteiger partial charge in [-0.2, -0.15) is 0 Å². The largest absolute Gasteiger partial charge is 0.321 e. The topological polar surface area (TPSA) is 89.0 Å². The van der Waals surface area contributed by atoms with Crippen molar-refractivity contribution in [3.05, 3.63) is 34.8 Å². The lowest BCUT2D eigenvalue weighted by Gasteiger charge is -2.06. The number of rotatable bonds is 5. The number of sulfone groups is 1. The lowest BCUT2D eigenvalue weighted by atomic mass is 10.2. The van der Waals surface area contributed by atoms with Crippen LogP contribution in [0.2, 0.25) is 0 Å². The summed E-state index contributed by atoms with van der Waals surface area (Å²) in [6.45, 7) is 3.49. The van der Waals surface area contributed by atoms with Crippen molar-refractivity contribution < 1.29 is 13.2 Å². The lowest BCUT2D eigenvalue weighted by molar-refractivity contribution is 0.102. The second-order valence-electron chi connectivity index (χ2n) is 4.28. The van der Waals surface area contributed by atoms with Gasteiger partial charge in [-0.25, -0.2) is 8.42 Å². The number of carbonyl (C=O) groups is 1. The molecule has 0 radical (unpaired) electrons. The molecule has 1 heterocycles. The summed E-state index contributed by atoms with van der Waals surface area (Å²) in [5.41, 5.74) is 1.19. The first-order chi connectivity index (χ1) is 9.97. The predicted molar refractivity (Wildman–Crippen MR) is 81.4 cm³/mol. The fraction of sp³-hybridized carbons (Fsp3) is 0.308. The molecular weight excluding hydrogens is 310 g/mol. The third-order valence-corrected chi connectivity index (χ3v) is 5.47. The van der Waals surface area contributed by atoms with Crippen LogP contribution in [0.15, 0.2) is 29.2 Å². The molecular formula is C13H15N3O3S2. The number of hydrogen-bond acceptors (Lipinski definition) is 6. The molecule has 0 spiro atoms. The van der Waals surface area contributed by atoms with Gasteiger partial charge in [0.1, 0.15) is 4.88 Å². The Balaban J connectivity index is 2.16. The smallest absolute Gasteiger partial charge is 0.269 e. The van der Waals surface area contributed by atoms with E-state index in [2.05, 4.69) is 14.9 Å². The number of benzene rings is 1. The van der Waals surface area contributed by atoms with E-state index >= 15 is 0 Å². The number of aryl methyl sites for hydroxylation is 1. The second-order valence-corrected chi connectivity index (χ2v) is 7.32. The van der Waals surface area contributed by atoms with Crippen LogP contribution in [0.3, 0.4) is 0 Å². The molecule has 0 aliphatic rings. The SMILES string of the molecule is CCc1nnsc1C(=O)Nc1ccc(S(=O)(=O)CC)cc1. The van der Waals surface area contributed by atoms with E-state index in [-0.39, 0.29) is 16.6 Å². The summed E-state index contributed by atoms with van der Waals surface area (Å²) < 4.78 is 27.2. The Morgan fingerprint density at radius 3 is 2.48 bits per heavy atom. The molecule has 21 heavy (non-hydrogen) atoms. The summed E-state index contributed by atoms with van der Waals surface area (Å²) in [6.07, 6.45) is 0.632. The average molecular weight is 325 g/mol. The summed E-state index contributed by atoms with van der Waals surface area (Å²) >= 11 is 1.04. The Morgan fingerprint density at radius 2 is 1.90 bits per heavy atom. The van der Waals surface area contributed by atoms with Crippen molar-refractivity contribution in [3.8, 4) is 0 Å². The highest BCUT2D eigenvalue weighted by molar-refractivity contribution is 7.91. The minimum Gasteiger partial charge on any atom is -0.321 e. The first-order valence-electron chi connectivity index (χ1n) is 6.43. The highest BCUT2D eigenvalue weighted by Crippen LogP contribution is 2.18. The van der Waals surface area contributed by atoms with Crippen molar-refractivity contribution in [1.29, 1.82) is 0 Å². The molecule has 0 saturated heterocycles. The highest BCUT2D eigenvalue weighted by atomic mass is 32.2. The van der Waals surface area contributed by atoms with Crippen molar-refractivity contribution in [2.75, 3.05) is 11.1 Å². The van der Waals surface area contributed by atoms with Gasteiger partial charge in [-0.3, -0.25) is 4.79 Å². The molecule has 2 rings (SSSR count). The highest BCUT2D eigenvalue weighted by Gasteiger charge is 2.16. The number of hydrogen-bond donors (Lipinski definition) is 1. The molecule has 0 aliphatic carbocycles. The molecule has 112 valence electrons. The monoisotopic (exact) mass is 325 g/mol. The molecule has 0 atom stereocenters. The van der Waals surface area contributed by atoms with E-state index in [9.17, 15) is 13.2 Å². The average Bonchev–Trinajstić information content (AvgIpc) is 2.96. The molecule has 0 saturated carbocycles. The van der Waals surface area contributed by atoms with Gasteiger partial charge in [-0.15, -0.1) is 5.10 Å². The molecule has 0 bridgehead atoms. The van der Waals surface area contributed by atoms with Crippen LogP contribution in [0, 0.1) is 0 Å². The van der Waals surface area contributed by atoms with Crippen molar-refractivity contribution in [3.63, 3.8) is 0 Å². The van der Waals surface area contributed by atoms with E-state index in [1.165, 1.54) is 12.1 Å². The normalized spacial score (nSPS) is 11.3. The fourth-order valence-electron chi connectivity index (χ4n) is 1.71. The van der Waals surface area contributed by atoms with Crippen molar-refractivity contribution in [1.82, 2.24) is 9.59 Å². The number of aromatic nitrogens is 2. The molecule has 1 N–H and O–H groups in total. The summed E-state index contributed by atoms with van der Waals surface area (Å²) in [4.78, 5) is 12.8. The maximum absolute atomic E-state index is 12.1. The molecule has 6 nitrogen and oxygen atoms in total. The van der Waals surface area contributed by atoms with Crippen LogP contribution < -0.4 is 5.32 Å². The fourth-order valence-corrected chi connectivity index (χ4v) is 3.24. The summed E-state index contributed by atoms with van der Waals surface area (Å²) in [5.74, 6) is -0.238. The van der Waals surface area contributed by atoms with E-state index in [0.29, 0.717) is 22.7 Å². The molecule has 1 aromatic carbocycles. The van der Waals surface area contributed by atoms with Crippen LogP contribution in [-0.4, -0.2) is 29.7 Å². The van der Waals surface area contributed by atoms with Gasteiger partial charge in [-0.1, -0.05) is 18.3 Å². The number of anilines is 1. The van der Waals surface area contributed by atoms with Gasteiger partial charge in [-0.05, 0) is 42.2 Å². The zero-order valence-electron chi connectivity index (χ0n) is 11.7. The zero-order valence-corrected chi connectivity index (χ0v) is 13.3. The van der Waals surface area contributed by atoms with Crippen molar-refractivity contribution in [2.24, 2.45) is 0 Å². The first kappa shape index (κ1) is 15.6. The quantitative estimate of drug-likeness (QED) is 0.910. The maximum atomic E-state index is 12.1. The standard InChI is InChI=1S/C13H15N3O3S2/c1-3-11-12(20-16-15-11)13(17)14-9-5-7-10(8-6-9)21(18,19)4-2/h5-8H,3-4H2,1-2H3,(H,14,17). The minimum atomic E-state index is -3.23. The maximum Gasteiger partial charge on any atom is 0.269 e. The third-order valence-electron chi connectivity index (χ3n) is 2.95. The van der Waals surface area contributed by atoms with Gasteiger partial charge < -0.3 is 5.32 Å². The van der Waals surface area contributed by atoms with Crippen LogP contribution in [0.1, 0.15) is 29.2 Å². The first-order valence-corrected chi connectivity index (χ1v) is 8.86. The van der Waals surface area contributed by atoms with Gasteiger partial charge in [0.25, 0.3) is 5.91 Å². The van der Waals surface area contributed by atoms with Crippen LogP contribution in [0.5, 0.6) is 0 Å². The molecule has 0 fully saturated rings. The summed E-state index contributed by atoms with van der Waals surface area (Å²) in [7, 11) is -3.23. The Labute approximate surface area is 127 Å². The minimum absolute atomic E-state index is 0.0467. The molecule has 1 aromatic heterocycles. The summed E-state index contributed by atoms with van der Waals surface area (Å²) in [5, 5.41) is 6.60. The molecule has 8 heteroatoms. The van der Waals surface area contributed by atoms with E-state index in [4.69, 9.17) is 0 Å². The van der Waals surface area contributed by atoms with Crippen molar-refractivity contribution >= 4 is 33.0 Å². The molecule has 0 aliphatic heterocycles. The zero-order chi connectivity index (χ0) is 15.5. The molecule has 0 unspecified atom stereocenters. The lowest BCUT2D eigenvalue weighted by Crippen LogP contribution is -2.12. The predicted octanol–water partition coefficient (Wildman–Crippen LogP) is 2.15. The van der Waals surface area contributed by atoms with Crippen LogP contribution in [0.4, 0.5) is 5.69 Å². The Morgan fingerprint density at radius 1 is 1.24 bits per heavy atom. The van der Waals surface area contributed by atoms with Gasteiger partial charge >= 0.3 is 0 Å². The number of carbonyl (C=O) groups excluding carboxylic acids is 1. The number of amides is 1. The molecule has 2 aromatic rings. The van der Waals surface area contributed by atoms with Gasteiger partial charge in [0, 0.05) is 5.69 Å². The molecule has 1 amide bonds. The Hall–Kier alpha value is -1.80. The van der Waals surface area contributed by atoms with Gasteiger partial charge in [0.05, 0.1) is 16.3 Å². The Kier molecular flexibility index (Phi) is 4.69. The third kappa shape index (κ3) is 3.45. The van der Waals surface area contributed by atoms with Crippen LogP contribution in [0.25, 0.3) is 0 Å². The van der Waals surface area contributed by atoms with Crippen LogP contribution >= 0.6 is 11.5 Å². The van der Waals surface area contributed by atoms with Gasteiger partial charge in [0.15, 0.2) is 9.84 Å². The number of nitrogens with zero attached hydrogens (tertiary/aromatic N) is 2. The Bertz CT molecular complexity index is 736. The summed E-state index contributed by atoms with van der Waals surface area (Å²) in [6, 6.07) is 6.11. The van der Waals surface area contributed by atoms with Gasteiger partial charge in [0.2, 0.25) is 0 Å². The van der Waals surface area contributed by atoms with E-state index in [1.54, 1.807) is 19.1 Å². The van der Waals surface area contributed by atoms with E-state index in [0.717, 1.165) is 11.5 Å². The van der Waals surface area contributed by atoms with Crippen LogP contribution in [-0.2, 0) is 16.3 Å². The number of nitrogens with one attached hydrogen (secondary N) is 1. The second kappa shape index (κ2) is 6.31. The van der Waals surface area contributed by atoms with E-state index < -0.39 is 9.84 Å². The van der Waals surface area contributed by atoms with E-state index in [1.807, 2.05) is 6.92 Å².